The summed E-state index contributed by atoms with van der Waals surface area (Å²) in [5.74, 6) is -0.290. The molecular weight excluding hydrogens is 394 g/mol. The number of piperidine rings is 1. The van der Waals surface area contributed by atoms with Crippen molar-refractivity contribution in [2.75, 3.05) is 33.2 Å². The van der Waals surface area contributed by atoms with Crippen LogP contribution in [0.1, 0.15) is 37.0 Å². The van der Waals surface area contributed by atoms with Gasteiger partial charge in [0.15, 0.2) is 0 Å². The molecule has 2 fully saturated rings. The second-order valence-corrected chi connectivity index (χ2v) is 9.73. The number of ether oxygens (including phenoxy) is 1. The van der Waals surface area contributed by atoms with Gasteiger partial charge in [0.1, 0.15) is 0 Å². The molecule has 0 bridgehead atoms. The van der Waals surface area contributed by atoms with Gasteiger partial charge in [-0.1, -0.05) is 6.07 Å². The van der Waals surface area contributed by atoms with Gasteiger partial charge in [0.25, 0.3) is 5.91 Å². The van der Waals surface area contributed by atoms with E-state index in [0.29, 0.717) is 31.5 Å². The molecule has 2 saturated heterocycles. The van der Waals surface area contributed by atoms with Crippen LogP contribution >= 0.6 is 0 Å². The number of carbonyl (C=O) groups excluding carboxylic acids is 2. The Morgan fingerprint density at radius 3 is 2.31 bits per heavy atom. The zero-order chi connectivity index (χ0) is 21.2. The minimum atomic E-state index is -3.71. The lowest BCUT2D eigenvalue weighted by atomic mass is 9.95. The van der Waals surface area contributed by atoms with Gasteiger partial charge in [-0.25, -0.2) is 8.42 Å². The van der Waals surface area contributed by atoms with Gasteiger partial charge in [-0.2, -0.15) is 4.31 Å². The minimum absolute atomic E-state index is 0.000780. The molecule has 0 aliphatic carbocycles. The predicted molar refractivity (Wildman–Crippen MR) is 108 cm³/mol. The number of morpholine rings is 1. The quantitative estimate of drug-likeness (QED) is 0.782. The molecule has 2 amide bonds. The van der Waals surface area contributed by atoms with Crippen LogP contribution in [-0.2, 0) is 19.6 Å². The van der Waals surface area contributed by atoms with Crippen molar-refractivity contribution in [3.05, 3.63) is 29.8 Å². The van der Waals surface area contributed by atoms with E-state index in [4.69, 9.17) is 4.74 Å². The van der Waals surface area contributed by atoms with Crippen molar-refractivity contribution < 1.29 is 22.7 Å². The molecule has 0 radical (unpaired) electrons. The number of hydrogen-bond acceptors (Lipinski definition) is 5. The first kappa shape index (κ1) is 21.7. The zero-order valence-corrected chi connectivity index (χ0v) is 17.9. The number of carbonyl (C=O) groups is 2. The third-order valence-corrected chi connectivity index (χ3v) is 7.33. The Kier molecular flexibility index (Phi) is 6.60. The number of benzene rings is 1. The molecule has 1 N–H and O–H groups in total. The molecule has 29 heavy (non-hydrogen) atoms. The van der Waals surface area contributed by atoms with Crippen LogP contribution in [0, 0.1) is 5.92 Å². The number of nitrogens with one attached hydrogen (secondary N) is 1. The molecule has 2 atom stereocenters. The largest absolute Gasteiger partial charge is 0.373 e. The maximum absolute atomic E-state index is 13.1. The molecule has 1 aromatic rings. The molecule has 2 unspecified atom stereocenters. The summed E-state index contributed by atoms with van der Waals surface area (Å²) < 4.78 is 33.2. The first-order valence-electron chi connectivity index (χ1n) is 9.99. The molecule has 8 nitrogen and oxygen atoms in total. The summed E-state index contributed by atoms with van der Waals surface area (Å²) in [7, 11) is -2.10. The normalized spacial score (nSPS) is 24.3. The van der Waals surface area contributed by atoms with Crippen LogP contribution in [0.5, 0.6) is 0 Å². The van der Waals surface area contributed by atoms with Crippen molar-refractivity contribution in [2.45, 2.75) is 43.8 Å². The van der Waals surface area contributed by atoms with Crippen molar-refractivity contribution in [3.63, 3.8) is 0 Å². The lowest BCUT2D eigenvalue weighted by Crippen LogP contribution is -2.48. The van der Waals surface area contributed by atoms with E-state index in [0.717, 1.165) is 0 Å². The van der Waals surface area contributed by atoms with E-state index < -0.39 is 10.0 Å². The van der Waals surface area contributed by atoms with Crippen molar-refractivity contribution >= 4 is 21.8 Å². The lowest BCUT2D eigenvalue weighted by molar-refractivity contribution is -0.125. The molecule has 2 aliphatic rings. The molecule has 160 valence electrons. The summed E-state index contributed by atoms with van der Waals surface area (Å²) >= 11 is 0. The van der Waals surface area contributed by atoms with Crippen LogP contribution < -0.4 is 5.32 Å². The smallest absolute Gasteiger partial charge is 0.253 e. The maximum Gasteiger partial charge on any atom is 0.253 e. The van der Waals surface area contributed by atoms with E-state index in [1.54, 1.807) is 24.1 Å². The summed E-state index contributed by atoms with van der Waals surface area (Å²) in [6.45, 7) is 5.23. The first-order valence-corrected chi connectivity index (χ1v) is 11.4. The van der Waals surface area contributed by atoms with Gasteiger partial charge < -0.3 is 15.0 Å². The van der Waals surface area contributed by atoms with Gasteiger partial charge in [-0.05, 0) is 44.9 Å². The standard InChI is InChI=1S/C20H29N3O5S/c1-14-12-23(13-15(2)28-14)29(26,27)18-6-4-5-17(11-18)20(25)22-9-7-16(8-10-22)19(24)21-3/h4-6,11,14-16H,7-10,12-13H2,1-3H3,(H,21,24). The van der Waals surface area contributed by atoms with Gasteiger partial charge in [-0.15, -0.1) is 0 Å². The monoisotopic (exact) mass is 423 g/mol. The maximum atomic E-state index is 13.1. The fraction of sp³-hybridized carbons (Fsp3) is 0.600. The number of nitrogens with zero attached hydrogens (tertiary/aromatic N) is 2. The van der Waals surface area contributed by atoms with Gasteiger partial charge in [0.2, 0.25) is 15.9 Å². The Morgan fingerprint density at radius 2 is 1.72 bits per heavy atom. The van der Waals surface area contributed by atoms with Gasteiger partial charge >= 0.3 is 0 Å². The molecule has 3 rings (SSSR count). The molecular formula is C20H29N3O5S. The number of likely N-dealkylation sites (tertiary alicyclic amines) is 1. The van der Waals surface area contributed by atoms with Crippen molar-refractivity contribution in [1.29, 1.82) is 0 Å². The summed E-state index contributed by atoms with van der Waals surface area (Å²) in [6, 6.07) is 6.21. The van der Waals surface area contributed by atoms with E-state index in [2.05, 4.69) is 5.32 Å². The molecule has 0 saturated carbocycles. The van der Waals surface area contributed by atoms with Crippen LogP contribution in [0.15, 0.2) is 29.2 Å². The molecule has 1 aromatic carbocycles. The van der Waals surface area contributed by atoms with Gasteiger partial charge in [-0.3, -0.25) is 9.59 Å². The Balaban J connectivity index is 1.74. The fourth-order valence-electron chi connectivity index (χ4n) is 4.00. The topological polar surface area (TPSA) is 96.0 Å². The Hall–Kier alpha value is -1.97. The lowest BCUT2D eigenvalue weighted by Gasteiger charge is -2.34. The molecule has 2 aliphatic heterocycles. The van der Waals surface area contributed by atoms with Crippen LogP contribution in [-0.4, -0.2) is 74.9 Å². The fourth-order valence-corrected chi connectivity index (χ4v) is 5.63. The van der Waals surface area contributed by atoms with E-state index in [9.17, 15) is 18.0 Å². The zero-order valence-electron chi connectivity index (χ0n) is 17.1. The summed E-state index contributed by atoms with van der Waals surface area (Å²) in [4.78, 5) is 26.5. The van der Waals surface area contributed by atoms with E-state index in [-0.39, 0.29) is 47.9 Å². The average Bonchev–Trinajstić information content (AvgIpc) is 2.72. The van der Waals surface area contributed by atoms with E-state index >= 15 is 0 Å². The summed E-state index contributed by atoms with van der Waals surface area (Å²) in [5, 5.41) is 2.65. The Morgan fingerprint density at radius 1 is 1.10 bits per heavy atom. The van der Waals surface area contributed by atoms with Gasteiger partial charge in [0, 0.05) is 44.7 Å². The molecule has 2 heterocycles. The van der Waals surface area contributed by atoms with Crippen molar-refractivity contribution in [1.82, 2.24) is 14.5 Å². The number of rotatable bonds is 4. The van der Waals surface area contributed by atoms with E-state index in [1.165, 1.54) is 16.4 Å². The Labute approximate surface area is 172 Å². The second-order valence-electron chi connectivity index (χ2n) is 7.79. The van der Waals surface area contributed by atoms with Crippen molar-refractivity contribution in [3.8, 4) is 0 Å². The highest BCUT2D eigenvalue weighted by Gasteiger charge is 2.33. The van der Waals surface area contributed by atoms with Gasteiger partial charge in [0.05, 0.1) is 17.1 Å². The highest BCUT2D eigenvalue weighted by Crippen LogP contribution is 2.24. The highest BCUT2D eigenvalue weighted by atomic mass is 32.2. The third-order valence-electron chi connectivity index (χ3n) is 5.50. The van der Waals surface area contributed by atoms with E-state index in [1.807, 2.05) is 13.8 Å². The summed E-state index contributed by atoms with van der Waals surface area (Å²) in [6.07, 6.45) is 0.847. The second kappa shape index (κ2) is 8.81. The number of amides is 2. The number of hydrogen-bond donors (Lipinski definition) is 1. The predicted octanol–water partition coefficient (Wildman–Crippen LogP) is 1.08. The number of sulfonamides is 1. The SMILES string of the molecule is CNC(=O)C1CCN(C(=O)c2cccc(S(=O)(=O)N3CC(C)OC(C)C3)c2)CC1. The third kappa shape index (κ3) is 4.79. The highest BCUT2D eigenvalue weighted by molar-refractivity contribution is 7.89. The average molecular weight is 424 g/mol. The molecule has 0 aromatic heterocycles. The molecule has 0 spiro atoms. The summed E-state index contributed by atoms with van der Waals surface area (Å²) in [5.41, 5.74) is 0.346. The van der Waals surface area contributed by atoms with Crippen LogP contribution in [0.3, 0.4) is 0 Å². The van der Waals surface area contributed by atoms with Crippen molar-refractivity contribution in [2.24, 2.45) is 5.92 Å². The van der Waals surface area contributed by atoms with Crippen LogP contribution in [0.25, 0.3) is 0 Å². The minimum Gasteiger partial charge on any atom is -0.373 e. The Bertz CT molecular complexity index is 855. The van der Waals surface area contributed by atoms with Crippen LogP contribution in [0.2, 0.25) is 0 Å². The first-order chi connectivity index (χ1) is 13.7. The van der Waals surface area contributed by atoms with Crippen LogP contribution in [0.4, 0.5) is 0 Å². The molecule has 9 heteroatoms.